The lowest BCUT2D eigenvalue weighted by Gasteiger charge is -2.11. The monoisotopic (exact) mass is 340 g/mol. The third-order valence-electron chi connectivity index (χ3n) is 4.74. The minimum absolute atomic E-state index is 0.0501. The highest BCUT2D eigenvalue weighted by molar-refractivity contribution is 5.94. The molecule has 134 valence electrons. The number of fused-ring (bicyclic) bond motifs is 1. The molecule has 1 aromatic carbocycles. The number of carbonyl (C=O) groups is 1. The Morgan fingerprint density at radius 1 is 1.20 bits per heavy atom. The van der Waals surface area contributed by atoms with Crippen molar-refractivity contribution in [2.75, 3.05) is 27.2 Å². The van der Waals surface area contributed by atoms with E-state index in [-0.39, 0.29) is 5.91 Å². The van der Waals surface area contributed by atoms with Gasteiger partial charge in [0.25, 0.3) is 5.91 Å². The van der Waals surface area contributed by atoms with E-state index < -0.39 is 0 Å². The van der Waals surface area contributed by atoms with Crippen molar-refractivity contribution < 1.29 is 4.79 Å². The lowest BCUT2D eigenvalue weighted by Crippen LogP contribution is -2.32. The van der Waals surface area contributed by atoms with Crippen molar-refractivity contribution in [1.82, 2.24) is 19.8 Å². The molecule has 1 aromatic heterocycles. The van der Waals surface area contributed by atoms with Crippen molar-refractivity contribution in [1.29, 1.82) is 0 Å². The minimum Gasteiger partial charge on any atom is -0.349 e. The van der Waals surface area contributed by atoms with Crippen LogP contribution in [0, 0.1) is 6.92 Å². The fraction of sp³-hybridized carbons (Fsp3) is 0.500. The summed E-state index contributed by atoms with van der Waals surface area (Å²) in [4.78, 5) is 19.5. The largest absolute Gasteiger partial charge is 0.349 e. The molecule has 25 heavy (non-hydrogen) atoms. The van der Waals surface area contributed by atoms with Crippen molar-refractivity contribution >= 4 is 5.91 Å². The third kappa shape index (κ3) is 4.10. The number of carbonyl (C=O) groups excluding carboxylic acids is 1. The highest BCUT2D eigenvalue weighted by Gasteiger charge is 2.24. The van der Waals surface area contributed by atoms with Crippen LogP contribution in [0.4, 0.5) is 0 Å². The normalized spacial score (nSPS) is 14.2. The second-order valence-electron chi connectivity index (χ2n) is 7.12. The zero-order valence-corrected chi connectivity index (χ0v) is 15.5. The molecular weight excluding hydrogens is 312 g/mol. The SMILES string of the molecule is Cc1ccc(-c2nc(C(=O)NCCN(C)C)c3n2CCCCC3)cc1. The van der Waals surface area contributed by atoms with Gasteiger partial charge in [-0.3, -0.25) is 4.79 Å². The zero-order valence-electron chi connectivity index (χ0n) is 15.5. The number of aromatic nitrogens is 2. The third-order valence-corrected chi connectivity index (χ3v) is 4.74. The molecule has 5 nitrogen and oxygen atoms in total. The fourth-order valence-electron chi connectivity index (χ4n) is 3.30. The number of benzene rings is 1. The van der Waals surface area contributed by atoms with Crippen LogP contribution < -0.4 is 5.32 Å². The van der Waals surface area contributed by atoms with E-state index in [4.69, 9.17) is 4.98 Å². The molecule has 0 bridgehead atoms. The van der Waals surface area contributed by atoms with Crippen LogP contribution in [-0.2, 0) is 13.0 Å². The van der Waals surface area contributed by atoms with E-state index >= 15 is 0 Å². The van der Waals surface area contributed by atoms with Crippen LogP contribution in [0.25, 0.3) is 11.4 Å². The molecule has 3 rings (SSSR count). The maximum Gasteiger partial charge on any atom is 0.271 e. The summed E-state index contributed by atoms with van der Waals surface area (Å²) < 4.78 is 2.26. The van der Waals surface area contributed by atoms with E-state index in [9.17, 15) is 4.79 Å². The molecule has 0 unspecified atom stereocenters. The van der Waals surface area contributed by atoms with E-state index in [2.05, 4.69) is 46.0 Å². The summed E-state index contributed by atoms with van der Waals surface area (Å²) in [6, 6.07) is 8.40. The number of hydrogen-bond acceptors (Lipinski definition) is 3. The van der Waals surface area contributed by atoms with Crippen LogP contribution in [0.2, 0.25) is 0 Å². The van der Waals surface area contributed by atoms with E-state index in [0.29, 0.717) is 12.2 Å². The second kappa shape index (κ2) is 7.83. The molecule has 1 aliphatic heterocycles. The van der Waals surface area contributed by atoms with Gasteiger partial charge in [-0.15, -0.1) is 0 Å². The van der Waals surface area contributed by atoms with Crippen LogP contribution in [0.15, 0.2) is 24.3 Å². The van der Waals surface area contributed by atoms with Crippen LogP contribution in [0.3, 0.4) is 0 Å². The maximum atomic E-state index is 12.7. The van der Waals surface area contributed by atoms with Crippen LogP contribution in [0.1, 0.15) is 41.0 Å². The second-order valence-corrected chi connectivity index (χ2v) is 7.12. The number of rotatable bonds is 5. The summed E-state index contributed by atoms with van der Waals surface area (Å²) in [7, 11) is 4.01. The van der Waals surface area contributed by atoms with Gasteiger partial charge in [0.15, 0.2) is 0 Å². The fourth-order valence-corrected chi connectivity index (χ4v) is 3.30. The molecule has 0 radical (unpaired) electrons. The van der Waals surface area contributed by atoms with Gasteiger partial charge in [0.1, 0.15) is 11.5 Å². The Balaban J connectivity index is 1.93. The lowest BCUT2D eigenvalue weighted by molar-refractivity contribution is 0.0945. The maximum absolute atomic E-state index is 12.7. The van der Waals surface area contributed by atoms with Gasteiger partial charge < -0.3 is 14.8 Å². The first kappa shape index (κ1) is 17.7. The molecule has 0 fully saturated rings. The Morgan fingerprint density at radius 3 is 2.68 bits per heavy atom. The zero-order chi connectivity index (χ0) is 17.8. The highest BCUT2D eigenvalue weighted by atomic mass is 16.1. The number of likely N-dealkylation sites (N-methyl/N-ethyl adjacent to an activating group) is 1. The Morgan fingerprint density at radius 2 is 1.96 bits per heavy atom. The number of imidazole rings is 1. The molecule has 2 heterocycles. The summed E-state index contributed by atoms with van der Waals surface area (Å²) in [6.45, 7) is 4.49. The first-order chi connectivity index (χ1) is 12.1. The standard InChI is InChI=1S/C20H28N4O/c1-15-8-10-16(11-9-15)19-22-18(20(25)21-12-14-23(2)3)17-7-5-4-6-13-24(17)19/h8-11H,4-7,12-14H2,1-3H3,(H,21,25). The van der Waals surface area contributed by atoms with Crippen molar-refractivity contribution in [3.8, 4) is 11.4 Å². The van der Waals surface area contributed by atoms with Crippen molar-refractivity contribution in [2.24, 2.45) is 0 Å². The average Bonchev–Trinajstić information content (AvgIpc) is 2.77. The van der Waals surface area contributed by atoms with E-state index in [1.165, 1.54) is 12.0 Å². The van der Waals surface area contributed by atoms with Crippen LogP contribution >= 0.6 is 0 Å². The quantitative estimate of drug-likeness (QED) is 0.910. The number of amides is 1. The van der Waals surface area contributed by atoms with E-state index in [0.717, 1.165) is 49.4 Å². The van der Waals surface area contributed by atoms with Gasteiger partial charge in [-0.1, -0.05) is 36.2 Å². The molecule has 0 aliphatic carbocycles. The van der Waals surface area contributed by atoms with Gasteiger partial charge in [0.05, 0.1) is 5.69 Å². The van der Waals surface area contributed by atoms with Crippen molar-refractivity contribution in [3.63, 3.8) is 0 Å². The average molecular weight is 340 g/mol. The number of hydrogen-bond donors (Lipinski definition) is 1. The molecule has 1 aliphatic rings. The molecule has 0 spiro atoms. The molecular formula is C20H28N4O. The Kier molecular flexibility index (Phi) is 5.53. The summed E-state index contributed by atoms with van der Waals surface area (Å²) >= 11 is 0. The molecule has 0 saturated carbocycles. The first-order valence-corrected chi connectivity index (χ1v) is 9.15. The van der Waals surface area contributed by atoms with Gasteiger partial charge in [-0.25, -0.2) is 4.98 Å². The van der Waals surface area contributed by atoms with Gasteiger partial charge in [-0.2, -0.15) is 0 Å². The summed E-state index contributed by atoms with van der Waals surface area (Å²) in [5.74, 6) is 0.875. The number of nitrogens with zero attached hydrogens (tertiary/aromatic N) is 3. The lowest BCUT2D eigenvalue weighted by atomic mass is 10.1. The minimum atomic E-state index is -0.0501. The Hall–Kier alpha value is -2.14. The van der Waals surface area contributed by atoms with E-state index in [1.807, 2.05) is 14.1 Å². The van der Waals surface area contributed by atoms with Gasteiger partial charge in [0, 0.05) is 25.2 Å². The molecule has 1 amide bonds. The van der Waals surface area contributed by atoms with Crippen LogP contribution in [-0.4, -0.2) is 47.5 Å². The topological polar surface area (TPSA) is 50.2 Å². The van der Waals surface area contributed by atoms with Crippen molar-refractivity contribution in [3.05, 3.63) is 41.2 Å². The smallest absolute Gasteiger partial charge is 0.271 e. The predicted octanol–water partition coefficient (Wildman–Crippen LogP) is 2.88. The Labute approximate surface area is 150 Å². The number of aryl methyl sites for hydroxylation is 1. The summed E-state index contributed by atoms with van der Waals surface area (Å²) in [5.41, 5.74) is 4.01. The predicted molar refractivity (Wildman–Crippen MR) is 101 cm³/mol. The van der Waals surface area contributed by atoms with E-state index in [1.54, 1.807) is 0 Å². The van der Waals surface area contributed by atoms with Gasteiger partial charge in [-0.05, 0) is 40.3 Å². The molecule has 5 heteroatoms. The highest BCUT2D eigenvalue weighted by Crippen LogP contribution is 2.27. The molecule has 0 saturated heterocycles. The Bertz CT molecular complexity index is 731. The molecule has 2 aromatic rings. The van der Waals surface area contributed by atoms with Gasteiger partial charge >= 0.3 is 0 Å². The number of nitrogens with one attached hydrogen (secondary N) is 1. The summed E-state index contributed by atoms with van der Waals surface area (Å²) in [6.07, 6.45) is 4.40. The molecule has 1 N–H and O–H groups in total. The van der Waals surface area contributed by atoms with Crippen molar-refractivity contribution in [2.45, 2.75) is 39.2 Å². The van der Waals surface area contributed by atoms with Crippen LogP contribution in [0.5, 0.6) is 0 Å². The van der Waals surface area contributed by atoms with Gasteiger partial charge in [0.2, 0.25) is 0 Å². The summed E-state index contributed by atoms with van der Waals surface area (Å²) in [5, 5.41) is 3.02. The first-order valence-electron chi connectivity index (χ1n) is 9.15. The molecule has 0 atom stereocenters.